The molecule has 0 aromatic carbocycles. The molecule has 1 heterocycles. The van der Waals surface area contributed by atoms with E-state index in [4.69, 9.17) is 0 Å². The third-order valence-corrected chi connectivity index (χ3v) is 4.07. The molecule has 94 valence electrons. The fourth-order valence-electron chi connectivity index (χ4n) is 1.88. The van der Waals surface area contributed by atoms with Gasteiger partial charge in [-0.1, -0.05) is 18.2 Å². The van der Waals surface area contributed by atoms with Crippen LogP contribution in [0.2, 0.25) is 0 Å². The predicted molar refractivity (Wildman–Crippen MR) is 65.9 cm³/mol. The summed E-state index contributed by atoms with van der Waals surface area (Å²) in [5, 5.41) is 12.5. The van der Waals surface area contributed by atoms with E-state index in [9.17, 15) is 4.79 Å². The van der Waals surface area contributed by atoms with E-state index in [0.29, 0.717) is 12.2 Å². The van der Waals surface area contributed by atoms with Crippen LogP contribution in [0, 0.1) is 0 Å². The summed E-state index contributed by atoms with van der Waals surface area (Å²) >= 11 is 1.51. The van der Waals surface area contributed by atoms with Crippen LogP contribution in [-0.4, -0.2) is 31.2 Å². The average Bonchev–Trinajstić information content (AvgIpc) is 2.69. The number of ketones is 1. The zero-order valence-electron chi connectivity index (χ0n) is 10.5. The summed E-state index contributed by atoms with van der Waals surface area (Å²) in [5.74, 6) is 0.338. The number of hydrogen-bond donors (Lipinski definition) is 0. The number of carbonyl (C=O) groups excluding carboxylic acids is 1. The van der Waals surface area contributed by atoms with Gasteiger partial charge in [0.05, 0.1) is 10.8 Å². The Hall–Kier alpha value is -0.910. The highest BCUT2D eigenvalue weighted by Crippen LogP contribution is 2.31. The SMILES string of the molecule is CC(C)(C)n1nnnc1SC1CCCCC1=O. The van der Waals surface area contributed by atoms with Gasteiger partial charge in [-0.2, -0.15) is 0 Å². The minimum atomic E-state index is -0.149. The summed E-state index contributed by atoms with van der Waals surface area (Å²) in [5.41, 5.74) is -0.149. The third kappa shape index (κ3) is 2.86. The first-order chi connectivity index (χ1) is 7.98. The van der Waals surface area contributed by atoms with Gasteiger partial charge in [0.2, 0.25) is 5.16 Å². The maximum absolute atomic E-state index is 11.8. The number of aromatic nitrogens is 4. The molecule has 1 atom stereocenters. The fraction of sp³-hybridized carbons (Fsp3) is 0.818. The molecule has 0 spiro atoms. The summed E-state index contributed by atoms with van der Waals surface area (Å²) < 4.78 is 1.79. The highest BCUT2D eigenvalue weighted by atomic mass is 32.2. The van der Waals surface area contributed by atoms with Gasteiger partial charge in [-0.15, -0.1) is 5.10 Å². The van der Waals surface area contributed by atoms with Crippen LogP contribution in [0.25, 0.3) is 0 Å². The van der Waals surface area contributed by atoms with Gasteiger partial charge in [0.25, 0.3) is 0 Å². The standard InChI is InChI=1S/C11H18N4OS/c1-11(2,3)15-10(12-13-14-15)17-9-7-5-4-6-8(9)16/h9H,4-7H2,1-3H3. The molecule has 1 aliphatic rings. The Morgan fingerprint density at radius 1 is 1.35 bits per heavy atom. The monoisotopic (exact) mass is 254 g/mol. The van der Waals surface area contributed by atoms with Gasteiger partial charge in [-0.3, -0.25) is 4.79 Å². The van der Waals surface area contributed by atoms with E-state index in [1.165, 1.54) is 11.8 Å². The van der Waals surface area contributed by atoms with Crippen molar-refractivity contribution in [1.29, 1.82) is 0 Å². The van der Waals surface area contributed by atoms with Crippen LogP contribution in [0.3, 0.4) is 0 Å². The minimum Gasteiger partial charge on any atom is -0.298 e. The number of hydrogen-bond acceptors (Lipinski definition) is 5. The van der Waals surface area contributed by atoms with Crippen molar-refractivity contribution in [3.8, 4) is 0 Å². The van der Waals surface area contributed by atoms with E-state index in [2.05, 4.69) is 36.3 Å². The quantitative estimate of drug-likeness (QED) is 0.808. The van der Waals surface area contributed by atoms with Crippen molar-refractivity contribution < 1.29 is 4.79 Å². The van der Waals surface area contributed by atoms with E-state index in [1.54, 1.807) is 4.68 Å². The molecule has 0 radical (unpaired) electrons. The van der Waals surface area contributed by atoms with E-state index < -0.39 is 0 Å². The molecule has 17 heavy (non-hydrogen) atoms. The van der Waals surface area contributed by atoms with Gasteiger partial charge >= 0.3 is 0 Å². The third-order valence-electron chi connectivity index (χ3n) is 2.82. The lowest BCUT2D eigenvalue weighted by Crippen LogP contribution is -2.26. The number of thioether (sulfide) groups is 1. The Kier molecular flexibility index (Phi) is 3.51. The highest BCUT2D eigenvalue weighted by molar-refractivity contribution is 8.00. The van der Waals surface area contributed by atoms with Crippen molar-refractivity contribution >= 4 is 17.5 Å². The Labute approximate surface area is 105 Å². The zero-order valence-corrected chi connectivity index (χ0v) is 11.3. The van der Waals surface area contributed by atoms with Gasteiger partial charge in [0, 0.05) is 6.42 Å². The van der Waals surface area contributed by atoms with Gasteiger partial charge < -0.3 is 0 Å². The van der Waals surface area contributed by atoms with E-state index in [0.717, 1.165) is 24.4 Å². The van der Waals surface area contributed by atoms with Crippen LogP contribution in [0.5, 0.6) is 0 Å². The van der Waals surface area contributed by atoms with Crippen LogP contribution in [0.1, 0.15) is 46.5 Å². The molecule has 6 heteroatoms. The van der Waals surface area contributed by atoms with E-state index >= 15 is 0 Å². The molecule has 2 rings (SSSR count). The van der Waals surface area contributed by atoms with Crippen LogP contribution in [-0.2, 0) is 10.3 Å². The molecule has 1 aliphatic carbocycles. The van der Waals surface area contributed by atoms with Gasteiger partial charge in [-0.25, -0.2) is 4.68 Å². The number of carbonyl (C=O) groups is 1. The topological polar surface area (TPSA) is 60.7 Å². The molecule has 1 unspecified atom stereocenters. The Morgan fingerprint density at radius 2 is 2.12 bits per heavy atom. The molecular weight excluding hydrogens is 236 g/mol. The van der Waals surface area contributed by atoms with Crippen LogP contribution < -0.4 is 0 Å². The first kappa shape index (κ1) is 12.5. The molecule has 0 N–H and O–H groups in total. The van der Waals surface area contributed by atoms with Crippen molar-refractivity contribution in [2.75, 3.05) is 0 Å². The number of rotatable bonds is 2. The fourth-order valence-corrected chi connectivity index (χ4v) is 3.16. The summed E-state index contributed by atoms with van der Waals surface area (Å²) in [4.78, 5) is 11.8. The Morgan fingerprint density at radius 3 is 2.76 bits per heavy atom. The van der Waals surface area contributed by atoms with Gasteiger partial charge in [-0.05, 0) is 44.0 Å². The minimum absolute atomic E-state index is 0.0378. The molecule has 0 saturated heterocycles. The van der Waals surface area contributed by atoms with Crippen molar-refractivity contribution in [3.63, 3.8) is 0 Å². The summed E-state index contributed by atoms with van der Waals surface area (Å²) in [6.07, 6.45) is 3.80. The van der Waals surface area contributed by atoms with Crippen LogP contribution in [0.15, 0.2) is 5.16 Å². The van der Waals surface area contributed by atoms with Crippen molar-refractivity contribution in [2.45, 2.75) is 62.4 Å². The molecule has 0 aliphatic heterocycles. The first-order valence-corrected chi connectivity index (χ1v) is 6.84. The lowest BCUT2D eigenvalue weighted by Gasteiger charge is -2.23. The predicted octanol–water partition coefficient (Wildman–Crippen LogP) is 2.03. The second-order valence-corrected chi connectivity index (χ2v) is 6.53. The first-order valence-electron chi connectivity index (χ1n) is 5.97. The number of nitrogens with zero attached hydrogens (tertiary/aromatic N) is 4. The molecule has 1 aromatic heterocycles. The van der Waals surface area contributed by atoms with Gasteiger partial charge in [0.1, 0.15) is 5.78 Å². The lowest BCUT2D eigenvalue weighted by atomic mass is 9.99. The highest BCUT2D eigenvalue weighted by Gasteiger charge is 2.27. The molecule has 1 saturated carbocycles. The lowest BCUT2D eigenvalue weighted by molar-refractivity contribution is -0.119. The number of Topliss-reactive ketones (excluding diaryl/α,β-unsaturated/α-hetero) is 1. The molecule has 5 nitrogen and oxygen atoms in total. The van der Waals surface area contributed by atoms with Crippen molar-refractivity contribution in [3.05, 3.63) is 0 Å². The van der Waals surface area contributed by atoms with Crippen molar-refractivity contribution in [2.24, 2.45) is 0 Å². The summed E-state index contributed by atoms with van der Waals surface area (Å²) in [6.45, 7) is 6.16. The number of tetrazole rings is 1. The molecule has 0 amide bonds. The maximum atomic E-state index is 11.8. The maximum Gasteiger partial charge on any atom is 0.210 e. The zero-order chi connectivity index (χ0) is 12.5. The summed E-state index contributed by atoms with van der Waals surface area (Å²) in [6, 6.07) is 0. The van der Waals surface area contributed by atoms with Crippen molar-refractivity contribution in [1.82, 2.24) is 20.2 Å². The molecule has 1 aromatic rings. The van der Waals surface area contributed by atoms with Crippen LogP contribution >= 0.6 is 11.8 Å². The Balaban J connectivity index is 2.13. The molecular formula is C11H18N4OS. The van der Waals surface area contributed by atoms with E-state index in [-0.39, 0.29) is 10.8 Å². The second kappa shape index (κ2) is 4.76. The molecule has 0 bridgehead atoms. The van der Waals surface area contributed by atoms with E-state index in [1.807, 2.05) is 0 Å². The smallest absolute Gasteiger partial charge is 0.210 e. The Bertz CT molecular complexity index is 410. The second-order valence-electron chi connectivity index (χ2n) is 5.36. The van der Waals surface area contributed by atoms with Gasteiger partial charge in [0.15, 0.2) is 0 Å². The largest absolute Gasteiger partial charge is 0.298 e. The summed E-state index contributed by atoms with van der Waals surface area (Å²) in [7, 11) is 0. The van der Waals surface area contributed by atoms with Crippen LogP contribution in [0.4, 0.5) is 0 Å². The normalized spacial score (nSPS) is 21.8. The average molecular weight is 254 g/mol. The molecule has 1 fully saturated rings.